The number of carbonyl (C=O) groups excluding carboxylic acids is 1. The number of carboxylic acids is 1. The topological polar surface area (TPSA) is 78.4 Å². The molecule has 21 heavy (non-hydrogen) atoms. The lowest BCUT2D eigenvalue weighted by Crippen LogP contribution is -2.53. The molecule has 2 atom stereocenters. The number of aliphatic carboxylic acids is 1. The number of hydrogen-bond donors (Lipinski definition) is 3. The number of rotatable bonds is 5. The van der Waals surface area contributed by atoms with Crippen LogP contribution in [-0.4, -0.2) is 29.2 Å². The first-order chi connectivity index (χ1) is 9.59. The standard InChI is InChI=1S/C15H24N2O3S/c1-9(8-11-7-6-10(2)21-11)16-14(20)17-12(13(18)19)15(3,4)5/h6-7,9,12H,8H2,1-5H3,(H,18,19)(H2,16,17,20). The van der Waals surface area contributed by atoms with Crippen LogP contribution in [0.25, 0.3) is 0 Å². The van der Waals surface area contributed by atoms with Crippen LogP contribution in [0.2, 0.25) is 0 Å². The third kappa shape index (κ3) is 5.75. The second-order valence-electron chi connectivity index (χ2n) is 6.37. The van der Waals surface area contributed by atoms with Gasteiger partial charge in [-0.1, -0.05) is 20.8 Å². The second-order valence-corrected chi connectivity index (χ2v) is 7.75. The van der Waals surface area contributed by atoms with Crippen molar-refractivity contribution in [1.29, 1.82) is 0 Å². The quantitative estimate of drug-likeness (QED) is 0.782. The van der Waals surface area contributed by atoms with Crippen molar-refractivity contribution in [3.63, 3.8) is 0 Å². The molecule has 118 valence electrons. The van der Waals surface area contributed by atoms with Crippen LogP contribution in [0.5, 0.6) is 0 Å². The monoisotopic (exact) mass is 312 g/mol. The summed E-state index contributed by atoms with van der Waals surface area (Å²) in [5, 5.41) is 14.5. The summed E-state index contributed by atoms with van der Waals surface area (Å²) < 4.78 is 0. The van der Waals surface area contributed by atoms with Crippen LogP contribution in [0.1, 0.15) is 37.4 Å². The fraction of sp³-hybridized carbons (Fsp3) is 0.600. The molecular formula is C15H24N2O3S. The number of carbonyl (C=O) groups is 2. The zero-order valence-corrected chi connectivity index (χ0v) is 14.0. The van der Waals surface area contributed by atoms with Crippen LogP contribution in [-0.2, 0) is 11.2 Å². The van der Waals surface area contributed by atoms with Crippen LogP contribution >= 0.6 is 11.3 Å². The van der Waals surface area contributed by atoms with Gasteiger partial charge in [0.15, 0.2) is 0 Å². The molecule has 0 saturated heterocycles. The van der Waals surface area contributed by atoms with Gasteiger partial charge < -0.3 is 15.7 Å². The van der Waals surface area contributed by atoms with Crippen molar-refractivity contribution in [1.82, 2.24) is 10.6 Å². The Labute approximate surface area is 129 Å². The van der Waals surface area contributed by atoms with E-state index in [1.807, 2.05) is 26.0 Å². The summed E-state index contributed by atoms with van der Waals surface area (Å²) in [4.78, 5) is 25.6. The zero-order valence-electron chi connectivity index (χ0n) is 13.2. The SMILES string of the molecule is Cc1ccc(CC(C)NC(=O)NC(C(=O)O)C(C)(C)C)s1. The molecule has 1 rings (SSSR count). The maximum atomic E-state index is 11.9. The maximum Gasteiger partial charge on any atom is 0.326 e. The van der Waals surface area contributed by atoms with Crippen molar-refractivity contribution >= 4 is 23.3 Å². The highest BCUT2D eigenvalue weighted by atomic mass is 32.1. The highest BCUT2D eigenvalue weighted by molar-refractivity contribution is 7.11. The number of nitrogens with one attached hydrogen (secondary N) is 2. The summed E-state index contributed by atoms with van der Waals surface area (Å²) in [5.41, 5.74) is -0.544. The third-order valence-corrected chi connectivity index (χ3v) is 4.09. The van der Waals surface area contributed by atoms with Gasteiger partial charge in [-0.15, -0.1) is 11.3 Å². The van der Waals surface area contributed by atoms with Gasteiger partial charge in [0.25, 0.3) is 0 Å². The van der Waals surface area contributed by atoms with Gasteiger partial charge in [-0.2, -0.15) is 0 Å². The Kier molecular flexibility index (Phi) is 5.78. The molecule has 0 bridgehead atoms. The van der Waals surface area contributed by atoms with E-state index in [2.05, 4.69) is 10.6 Å². The molecular weight excluding hydrogens is 288 g/mol. The molecule has 0 aliphatic heterocycles. The molecule has 1 heterocycles. The predicted octanol–water partition coefficient (Wildman–Crippen LogP) is 2.79. The van der Waals surface area contributed by atoms with E-state index in [0.717, 1.165) is 6.42 Å². The fourth-order valence-electron chi connectivity index (χ4n) is 1.99. The average molecular weight is 312 g/mol. The Morgan fingerprint density at radius 1 is 1.29 bits per heavy atom. The van der Waals surface area contributed by atoms with E-state index >= 15 is 0 Å². The summed E-state index contributed by atoms with van der Waals surface area (Å²) in [6, 6.07) is 2.67. The Morgan fingerprint density at radius 3 is 2.33 bits per heavy atom. The summed E-state index contributed by atoms with van der Waals surface area (Å²) in [7, 11) is 0. The lowest BCUT2D eigenvalue weighted by molar-refractivity contribution is -0.141. The Hall–Kier alpha value is -1.56. The minimum atomic E-state index is -1.03. The van der Waals surface area contributed by atoms with E-state index in [-0.39, 0.29) is 6.04 Å². The molecule has 0 radical (unpaired) electrons. The zero-order chi connectivity index (χ0) is 16.2. The number of aryl methyl sites for hydroxylation is 1. The minimum absolute atomic E-state index is 0.0579. The minimum Gasteiger partial charge on any atom is -0.480 e. The summed E-state index contributed by atoms with van der Waals surface area (Å²) in [6.07, 6.45) is 0.735. The molecule has 0 spiro atoms. The van der Waals surface area contributed by atoms with Gasteiger partial charge >= 0.3 is 12.0 Å². The molecule has 3 N–H and O–H groups in total. The Balaban J connectivity index is 2.54. The summed E-state index contributed by atoms with van der Waals surface area (Å²) in [5.74, 6) is -1.03. The van der Waals surface area contributed by atoms with Crippen LogP contribution in [0.3, 0.4) is 0 Å². The van der Waals surface area contributed by atoms with Gasteiger partial charge in [-0.3, -0.25) is 0 Å². The molecule has 0 aliphatic carbocycles. The second kappa shape index (κ2) is 6.93. The molecule has 2 unspecified atom stereocenters. The van der Waals surface area contributed by atoms with E-state index in [4.69, 9.17) is 0 Å². The smallest absolute Gasteiger partial charge is 0.326 e. The third-order valence-electron chi connectivity index (χ3n) is 3.07. The highest BCUT2D eigenvalue weighted by Gasteiger charge is 2.32. The van der Waals surface area contributed by atoms with Crippen molar-refractivity contribution in [2.24, 2.45) is 5.41 Å². The molecule has 0 saturated carbocycles. The van der Waals surface area contributed by atoms with Gasteiger partial charge in [0.1, 0.15) is 6.04 Å². The number of carboxylic acid groups (broad SMARTS) is 1. The van der Waals surface area contributed by atoms with Gasteiger partial charge in [0.2, 0.25) is 0 Å². The van der Waals surface area contributed by atoms with Crippen LogP contribution < -0.4 is 10.6 Å². The predicted molar refractivity (Wildman–Crippen MR) is 84.8 cm³/mol. The lowest BCUT2D eigenvalue weighted by Gasteiger charge is -2.28. The Bertz CT molecular complexity index is 505. The maximum absolute atomic E-state index is 11.9. The van der Waals surface area contributed by atoms with Gasteiger partial charge in [-0.05, 0) is 31.4 Å². The van der Waals surface area contributed by atoms with Gasteiger partial charge in [0, 0.05) is 22.2 Å². The number of urea groups is 1. The van der Waals surface area contributed by atoms with E-state index in [1.165, 1.54) is 9.75 Å². The van der Waals surface area contributed by atoms with E-state index in [1.54, 1.807) is 32.1 Å². The van der Waals surface area contributed by atoms with Crippen molar-refractivity contribution in [2.45, 2.75) is 53.1 Å². The van der Waals surface area contributed by atoms with Crippen molar-refractivity contribution in [2.75, 3.05) is 0 Å². The van der Waals surface area contributed by atoms with Crippen LogP contribution in [0, 0.1) is 12.3 Å². The van der Waals surface area contributed by atoms with Crippen LogP contribution in [0.15, 0.2) is 12.1 Å². The van der Waals surface area contributed by atoms with Gasteiger partial charge in [0.05, 0.1) is 0 Å². The summed E-state index contributed by atoms with van der Waals surface area (Å²) in [6.45, 7) is 9.29. The Morgan fingerprint density at radius 2 is 1.90 bits per heavy atom. The fourth-order valence-corrected chi connectivity index (χ4v) is 3.01. The van der Waals surface area contributed by atoms with Crippen molar-refractivity contribution < 1.29 is 14.7 Å². The van der Waals surface area contributed by atoms with Crippen molar-refractivity contribution in [3.05, 3.63) is 21.9 Å². The van der Waals surface area contributed by atoms with Crippen LogP contribution in [0.4, 0.5) is 4.79 Å². The average Bonchev–Trinajstić information content (AvgIpc) is 2.69. The van der Waals surface area contributed by atoms with E-state index in [0.29, 0.717) is 0 Å². The molecule has 0 fully saturated rings. The first-order valence-electron chi connectivity index (χ1n) is 6.94. The number of hydrogen-bond acceptors (Lipinski definition) is 3. The molecule has 6 heteroatoms. The highest BCUT2D eigenvalue weighted by Crippen LogP contribution is 2.19. The van der Waals surface area contributed by atoms with Gasteiger partial charge in [-0.25, -0.2) is 9.59 Å². The number of thiophene rings is 1. The molecule has 1 aromatic rings. The first-order valence-corrected chi connectivity index (χ1v) is 7.76. The van der Waals surface area contributed by atoms with Crippen molar-refractivity contribution in [3.8, 4) is 0 Å². The van der Waals surface area contributed by atoms with E-state index in [9.17, 15) is 14.7 Å². The molecule has 0 aromatic carbocycles. The molecule has 1 aromatic heterocycles. The molecule has 2 amide bonds. The normalized spacial score (nSPS) is 14.3. The summed E-state index contributed by atoms with van der Waals surface area (Å²) >= 11 is 1.70. The first kappa shape index (κ1) is 17.5. The molecule has 5 nitrogen and oxygen atoms in total. The number of amides is 2. The lowest BCUT2D eigenvalue weighted by atomic mass is 9.87. The van der Waals surface area contributed by atoms with E-state index < -0.39 is 23.5 Å². The largest absolute Gasteiger partial charge is 0.480 e. The molecule has 0 aliphatic rings.